The molecule has 0 aliphatic carbocycles. The molecular formula is C22H19BrClNO4. The molecule has 0 heterocycles. The molecule has 0 bridgehead atoms. The number of benzene rings is 3. The molecule has 0 spiro atoms. The molecule has 1 amide bonds. The van der Waals surface area contributed by atoms with Crippen LogP contribution in [0.3, 0.4) is 0 Å². The quantitative estimate of drug-likeness (QED) is 0.496. The number of ether oxygens (including phenoxy) is 2. The zero-order chi connectivity index (χ0) is 21.0. The predicted molar refractivity (Wildman–Crippen MR) is 117 cm³/mol. The number of aliphatic hydroxyl groups is 1. The summed E-state index contributed by atoms with van der Waals surface area (Å²) in [6.07, 6.45) is -1.08. The van der Waals surface area contributed by atoms with E-state index in [9.17, 15) is 9.90 Å². The molecule has 0 aliphatic rings. The van der Waals surface area contributed by atoms with E-state index in [-0.39, 0.29) is 5.91 Å². The summed E-state index contributed by atoms with van der Waals surface area (Å²) in [7, 11) is 3.01. The zero-order valence-corrected chi connectivity index (χ0v) is 18.1. The lowest BCUT2D eigenvalue weighted by molar-refractivity contribution is 0.102. The predicted octanol–water partition coefficient (Wildman–Crippen LogP) is 5.45. The van der Waals surface area contributed by atoms with Gasteiger partial charge in [-0.25, -0.2) is 0 Å². The first-order valence-corrected chi connectivity index (χ1v) is 9.87. The Kier molecular flexibility index (Phi) is 6.79. The molecule has 1 atom stereocenters. The average molecular weight is 477 g/mol. The van der Waals surface area contributed by atoms with Crippen LogP contribution in [0.2, 0.25) is 5.02 Å². The lowest BCUT2D eigenvalue weighted by atomic mass is 9.98. The minimum absolute atomic E-state index is 0.328. The van der Waals surface area contributed by atoms with Gasteiger partial charge < -0.3 is 19.9 Å². The van der Waals surface area contributed by atoms with E-state index in [1.165, 1.54) is 14.2 Å². The molecule has 5 nitrogen and oxygen atoms in total. The molecule has 150 valence electrons. The van der Waals surface area contributed by atoms with Crippen LogP contribution >= 0.6 is 27.5 Å². The van der Waals surface area contributed by atoms with Crippen molar-refractivity contribution in [2.24, 2.45) is 0 Å². The van der Waals surface area contributed by atoms with Crippen molar-refractivity contribution in [1.29, 1.82) is 0 Å². The minimum Gasteiger partial charge on any atom is -0.493 e. The Bertz CT molecular complexity index is 1040. The number of nitrogens with one attached hydrogen (secondary N) is 1. The molecule has 0 saturated heterocycles. The van der Waals surface area contributed by atoms with Crippen molar-refractivity contribution in [1.82, 2.24) is 0 Å². The van der Waals surface area contributed by atoms with E-state index in [1.54, 1.807) is 54.6 Å². The lowest BCUT2D eigenvalue weighted by Gasteiger charge is -2.20. The topological polar surface area (TPSA) is 67.8 Å². The number of carbonyl (C=O) groups is 1. The molecule has 7 heteroatoms. The van der Waals surface area contributed by atoms with Crippen molar-refractivity contribution in [3.63, 3.8) is 0 Å². The maximum absolute atomic E-state index is 12.8. The summed E-state index contributed by atoms with van der Waals surface area (Å²) in [6, 6.07) is 17.2. The van der Waals surface area contributed by atoms with Gasteiger partial charge in [-0.3, -0.25) is 4.79 Å². The van der Waals surface area contributed by atoms with Crippen LogP contribution in [0, 0.1) is 0 Å². The average Bonchev–Trinajstić information content (AvgIpc) is 2.73. The van der Waals surface area contributed by atoms with Crippen LogP contribution in [0.1, 0.15) is 27.6 Å². The molecular weight excluding hydrogens is 458 g/mol. The Morgan fingerprint density at radius 3 is 2.34 bits per heavy atom. The molecule has 0 aliphatic heterocycles. The second-order valence-electron chi connectivity index (χ2n) is 6.18. The number of anilines is 1. The first-order chi connectivity index (χ1) is 13.9. The Balaban J connectivity index is 2.07. The summed E-state index contributed by atoms with van der Waals surface area (Å²) >= 11 is 9.63. The Morgan fingerprint density at radius 2 is 1.69 bits per heavy atom. The molecule has 1 unspecified atom stereocenters. The summed E-state index contributed by atoms with van der Waals surface area (Å²) < 4.78 is 11.5. The van der Waals surface area contributed by atoms with E-state index >= 15 is 0 Å². The molecule has 29 heavy (non-hydrogen) atoms. The number of halogens is 2. The fourth-order valence-electron chi connectivity index (χ4n) is 2.92. The van der Waals surface area contributed by atoms with Crippen molar-refractivity contribution in [2.75, 3.05) is 19.5 Å². The molecule has 0 aromatic heterocycles. The molecule has 3 aromatic rings. The first-order valence-electron chi connectivity index (χ1n) is 8.70. The van der Waals surface area contributed by atoms with Gasteiger partial charge in [-0.05, 0) is 30.3 Å². The standard InChI is InChI=1S/C22H19BrClNO4/c1-28-19-11-16(21(26)15-8-3-4-9-17(15)24)18(12-20(19)29-2)25-22(27)13-6-5-7-14(23)10-13/h3-12,21,26H,1-2H3,(H,25,27). The number of aliphatic hydroxyl groups excluding tert-OH is 1. The molecule has 0 radical (unpaired) electrons. The highest BCUT2D eigenvalue weighted by Crippen LogP contribution is 2.39. The summed E-state index contributed by atoms with van der Waals surface area (Å²) in [5.41, 5.74) is 1.80. The van der Waals surface area contributed by atoms with Crippen molar-refractivity contribution in [3.05, 3.63) is 86.8 Å². The van der Waals surface area contributed by atoms with Gasteiger partial charge in [-0.15, -0.1) is 0 Å². The van der Waals surface area contributed by atoms with Crippen LogP contribution < -0.4 is 14.8 Å². The summed E-state index contributed by atoms with van der Waals surface area (Å²) in [4.78, 5) is 12.8. The second-order valence-corrected chi connectivity index (χ2v) is 7.51. The van der Waals surface area contributed by atoms with Gasteiger partial charge in [0.15, 0.2) is 11.5 Å². The Morgan fingerprint density at radius 1 is 1.00 bits per heavy atom. The van der Waals surface area contributed by atoms with E-state index in [0.29, 0.717) is 38.9 Å². The number of rotatable bonds is 6. The van der Waals surface area contributed by atoms with E-state index in [1.807, 2.05) is 6.07 Å². The molecule has 0 fully saturated rings. The Labute approximate surface area is 182 Å². The van der Waals surface area contributed by atoms with Gasteiger partial charge >= 0.3 is 0 Å². The largest absolute Gasteiger partial charge is 0.493 e. The van der Waals surface area contributed by atoms with E-state index in [2.05, 4.69) is 21.2 Å². The molecule has 0 saturated carbocycles. The molecule has 3 aromatic carbocycles. The first kappa shape index (κ1) is 21.2. The van der Waals surface area contributed by atoms with E-state index < -0.39 is 6.10 Å². The zero-order valence-electron chi connectivity index (χ0n) is 15.8. The van der Waals surface area contributed by atoms with Gasteiger partial charge in [0.05, 0.1) is 19.9 Å². The number of carbonyl (C=O) groups excluding carboxylic acids is 1. The number of hydrogen-bond donors (Lipinski definition) is 2. The van der Waals surface area contributed by atoms with Crippen molar-refractivity contribution >= 4 is 39.1 Å². The SMILES string of the molecule is COc1cc(NC(=O)c2cccc(Br)c2)c(C(O)c2ccccc2Cl)cc1OC. The third-order valence-corrected chi connectivity index (χ3v) is 5.22. The van der Waals surface area contributed by atoms with Crippen molar-refractivity contribution < 1.29 is 19.4 Å². The van der Waals surface area contributed by atoms with Gasteiger partial charge in [-0.2, -0.15) is 0 Å². The third-order valence-electron chi connectivity index (χ3n) is 4.39. The second kappa shape index (κ2) is 9.31. The minimum atomic E-state index is -1.08. The molecule has 3 rings (SSSR count). The fourth-order valence-corrected chi connectivity index (χ4v) is 3.56. The Hall–Kier alpha value is -2.54. The van der Waals surface area contributed by atoms with Crippen LogP contribution in [0.25, 0.3) is 0 Å². The van der Waals surface area contributed by atoms with E-state index in [4.69, 9.17) is 21.1 Å². The third kappa shape index (κ3) is 4.72. The summed E-state index contributed by atoms with van der Waals surface area (Å²) in [5, 5.41) is 14.3. The van der Waals surface area contributed by atoms with Gasteiger partial charge in [0, 0.05) is 32.3 Å². The maximum atomic E-state index is 12.8. The molecule has 2 N–H and O–H groups in total. The van der Waals surface area contributed by atoms with Crippen molar-refractivity contribution in [3.8, 4) is 11.5 Å². The van der Waals surface area contributed by atoms with Crippen LogP contribution in [0.5, 0.6) is 11.5 Å². The summed E-state index contributed by atoms with van der Waals surface area (Å²) in [6.45, 7) is 0. The fraction of sp³-hybridized carbons (Fsp3) is 0.136. The highest BCUT2D eigenvalue weighted by Gasteiger charge is 2.22. The highest BCUT2D eigenvalue weighted by atomic mass is 79.9. The van der Waals surface area contributed by atoms with Crippen LogP contribution in [-0.4, -0.2) is 25.2 Å². The van der Waals surface area contributed by atoms with Crippen molar-refractivity contribution in [2.45, 2.75) is 6.10 Å². The number of methoxy groups -OCH3 is 2. The maximum Gasteiger partial charge on any atom is 0.255 e. The normalized spacial score (nSPS) is 11.6. The lowest BCUT2D eigenvalue weighted by Crippen LogP contribution is -2.15. The van der Waals surface area contributed by atoms with Gasteiger partial charge in [-0.1, -0.05) is 51.8 Å². The van der Waals surface area contributed by atoms with Crippen LogP contribution in [0.4, 0.5) is 5.69 Å². The highest BCUT2D eigenvalue weighted by molar-refractivity contribution is 9.10. The van der Waals surface area contributed by atoms with E-state index in [0.717, 1.165) is 4.47 Å². The van der Waals surface area contributed by atoms with Gasteiger partial charge in [0.25, 0.3) is 5.91 Å². The smallest absolute Gasteiger partial charge is 0.255 e. The van der Waals surface area contributed by atoms with Crippen LogP contribution in [-0.2, 0) is 0 Å². The van der Waals surface area contributed by atoms with Crippen LogP contribution in [0.15, 0.2) is 65.1 Å². The van der Waals surface area contributed by atoms with Gasteiger partial charge in [0.1, 0.15) is 6.10 Å². The van der Waals surface area contributed by atoms with Gasteiger partial charge in [0.2, 0.25) is 0 Å². The summed E-state index contributed by atoms with van der Waals surface area (Å²) in [5.74, 6) is 0.521. The number of hydrogen-bond acceptors (Lipinski definition) is 4. The monoisotopic (exact) mass is 475 g/mol. The number of amides is 1.